The Kier molecular flexibility index (Phi) is 5.90. The predicted molar refractivity (Wildman–Crippen MR) is 116 cm³/mol. The van der Waals surface area contributed by atoms with Gasteiger partial charge in [-0.1, -0.05) is 17.7 Å². The van der Waals surface area contributed by atoms with E-state index in [4.69, 9.17) is 14.2 Å². The second-order valence-corrected chi connectivity index (χ2v) is 9.13. The number of aryl methyl sites for hydroxylation is 1. The summed E-state index contributed by atoms with van der Waals surface area (Å²) in [5, 5.41) is 0. The van der Waals surface area contributed by atoms with Crippen molar-refractivity contribution in [3.8, 4) is 28.5 Å². The van der Waals surface area contributed by atoms with E-state index >= 15 is 0 Å². The van der Waals surface area contributed by atoms with E-state index < -0.39 is 10.0 Å². The standard InChI is InChI=1S/C20H20INO5S/c1-13-5-7-16(8-6-13)28(23,24)22-12-15(21)11-17(22)14-9-18(25-2)20(27-4)19(10-14)26-3/h5-12H,1-4H3. The summed E-state index contributed by atoms with van der Waals surface area (Å²) in [5.74, 6) is 1.35. The molecule has 0 aliphatic heterocycles. The third-order valence-electron chi connectivity index (χ3n) is 4.29. The first kappa shape index (κ1) is 20.5. The van der Waals surface area contributed by atoms with E-state index in [1.165, 1.54) is 25.3 Å². The lowest BCUT2D eigenvalue weighted by Gasteiger charge is -2.16. The van der Waals surface area contributed by atoms with Crippen LogP contribution < -0.4 is 14.2 Å². The number of ether oxygens (including phenoxy) is 3. The summed E-state index contributed by atoms with van der Waals surface area (Å²) >= 11 is 2.10. The number of halogens is 1. The maximum Gasteiger partial charge on any atom is 0.268 e. The van der Waals surface area contributed by atoms with Crippen LogP contribution in [0.3, 0.4) is 0 Å². The molecule has 0 aliphatic carbocycles. The molecular weight excluding hydrogens is 493 g/mol. The number of hydrogen-bond acceptors (Lipinski definition) is 5. The first-order valence-corrected chi connectivity index (χ1v) is 10.8. The number of benzene rings is 2. The zero-order chi connectivity index (χ0) is 20.5. The summed E-state index contributed by atoms with van der Waals surface area (Å²) in [5.41, 5.74) is 2.13. The van der Waals surface area contributed by atoms with Crippen LogP contribution in [-0.4, -0.2) is 33.7 Å². The van der Waals surface area contributed by atoms with E-state index in [1.54, 1.807) is 48.7 Å². The lowest BCUT2D eigenvalue weighted by atomic mass is 10.1. The quantitative estimate of drug-likeness (QED) is 0.460. The normalized spacial score (nSPS) is 11.3. The van der Waals surface area contributed by atoms with Crippen molar-refractivity contribution in [3.05, 3.63) is 57.8 Å². The molecule has 0 fully saturated rings. The van der Waals surface area contributed by atoms with E-state index in [9.17, 15) is 8.42 Å². The second-order valence-electron chi connectivity index (χ2n) is 6.07. The van der Waals surface area contributed by atoms with Gasteiger partial charge in [0, 0.05) is 15.3 Å². The van der Waals surface area contributed by atoms with Gasteiger partial charge in [-0.3, -0.25) is 0 Å². The zero-order valence-corrected chi connectivity index (χ0v) is 18.9. The molecule has 0 N–H and O–H groups in total. The van der Waals surface area contributed by atoms with Gasteiger partial charge in [-0.15, -0.1) is 0 Å². The van der Waals surface area contributed by atoms with Crippen LogP contribution in [0.1, 0.15) is 5.56 Å². The van der Waals surface area contributed by atoms with Crippen LogP contribution >= 0.6 is 22.6 Å². The van der Waals surface area contributed by atoms with Crippen molar-refractivity contribution in [3.63, 3.8) is 0 Å². The van der Waals surface area contributed by atoms with Crippen LogP contribution in [0.25, 0.3) is 11.3 Å². The number of hydrogen-bond donors (Lipinski definition) is 0. The summed E-state index contributed by atoms with van der Waals surface area (Å²) < 4.78 is 44.7. The van der Waals surface area contributed by atoms with Gasteiger partial charge in [-0.2, -0.15) is 0 Å². The molecule has 0 amide bonds. The molecule has 28 heavy (non-hydrogen) atoms. The van der Waals surface area contributed by atoms with Crippen molar-refractivity contribution < 1.29 is 22.6 Å². The molecule has 8 heteroatoms. The van der Waals surface area contributed by atoms with Gasteiger partial charge in [0.2, 0.25) is 5.75 Å². The highest BCUT2D eigenvalue weighted by molar-refractivity contribution is 14.1. The SMILES string of the molecule is COc1cc(-c2cc(I)cn2S(=O)(=O)c2ccc(C)cc2)cc(OC)c1OC. The molecule has 6 nitrogen and oxygen atoms in total. The van der Waals surface area contributed by atoms with Gasteiger partial charge in [0.25, 0.3) is 10.0 Å². The Morgan fingerprint density at radius 3 is 1.96 bits per heavy atom. The molecule has 0 radical (unpaired) electrons. The highest BCUT2D eigenvalue weighted by atomic mass is 127. The van der Waals surface area contributed by atoms with Gasteiger partial charge in [0.15, 0.2) is 11.5 Å². The largest absolute Gasteiger partial charge is 0.493 e. The molecule has 0 saturated carbocycles. The third kappa shape index (κ3) is 3.70. The van der Waals surface area contributed by atoms with E-state index in [1.807, 2.05) is 6.92 Å². The van der Waals surface area contributed by atoms with Crippen molar-refractivity contribution in [2.75, 3.05) is 21.3 Å². The second kappa shape index (κ2) is 8.04. The van der Waals surface area contributed by atoms with Crippen LogP contribution in [0.4, 0.5) is 0 Å². The van der Waals surface area contributed by atoms with Crippen molar-refractivity contribution in [1.29, 1.82) is 0 Å². The predicted octanol–water partition coefficient (Wildman–Crippen LogP) is 4.33. The summed E-state index contributed by atoms with van der Waals surface area (Å²) in [6.07, 6.45) is 1.59. The number of methoxy groups -OCH3 is 3. The first-order valence-electron chi connectivity index (χ1n) is 8.32. The lowest BCUT2D eigenvalue weighted by molar-refractivity contribution is 0.324. The van der Waals surface area contributed by atoms with E-state index in [-0.39, 0.29) is 4.90 Å². The fraction of sp³-hybridized carbons (Fsp3) is 0.200. The van der Waals surface area contributed by atoms with Crippen molar-refractivity contribution in [2.24, 2.45) is 0 Å². The minimum atomic E-state index is -3.77. The average molecular weight is 513 g/mol. The topological polar surface area (TPSA) is 66.8 Å². The Hall–Kier alpha value is -2.20. The fourth-order valence-corrected chi connectivity index (χ4v) is 5.01. The summed E-state index contributed by atoms with van der Waals surface area (Å²) in [7, 11) is 0.793. The molecule has 0 bridgehead atoms. The molecule has 1 heterocycles. The summed E-state index contributed by atoms with van der Waals surface area (Å²) in [6, 6.07) is 12.0. The van der Waals surface area contributed by atoms with Crippen LogP contribution in [0, 0.1) is 10.5 Å². The Labute approximate surface area is 178 Å². The molecule has 0 spiro atoms. The van der Waals surface area contributed by atoms with E-state index in [0.717, 1.165) is 9.13 Å². The van der Waals surface area contributed by atoms with Crippen LogP contribution in [0.2, 0.25) is 0 Å². The minimum Gasteiger partial charge on any atom is -0.493 e. The van der Waals surface area contributed by atoms with Crippen LogP contribution in [0.15, 0.2) is 53.6 Å². The molecule has 0 saturated heterocycles. The van der Waals surface area contributed by atoms with Crippen LogP contribution in [0.5, 0.6) is 17.2 Å². The maximum atomic E-state index is 13.3. The average Bonchev–Trinajstić information content (AvgIpc) is 3.09. The van der Waals surface area contributed by atoms with Crippen molar-refractivity contribution >= 4 is 32.6 Å². The number of rotatable bonds is 6. The molecule has 2 aromatic carbocycles. The Bertz CT molecular complexity index is 1080. The highest BCUT2D eigenvalue weighted by Gasteiger charge is 2.23. The monoisotopic (exact) mass is 513 g/mol. The molecule has 148 valence electrons. The van der Waals surface area contributed by atoms with Gasteiger partial charge in [0.1, 0.15) is 0 Å². The number of nitrogens with zero attached hydrogens (tertiary/aromatic N) is 1. The Morgan fingerprint density at radius 2 is 1.46 bits per heavy atom. The summed E-state index contributed by atoms with van der Waals surface area (Å²) in [6.45, 7) is 1.91. The molecule has 3 rings (SSSR count). The molecule has 0 atom stereocenters. The van der Waals surface area contributed by atoms with Gasteiger partial charge in [-0.05, 0) is 59.8 Å². The van der Waals surface area contributed by atoms with Crippen LogP contribution in [-0.2, 0) is 10.0 Å². The molecule has 0 unspecified atom stereocenters. The third-order valence-corrected chi connectivity index (χ3v) is 6.57. The van der Waals surface area contributed by atoms with Gasteiger partial charge in [0.05, 0.1) is 31.9 Å². The molecular formula is C20H20INO5S. The van der Waals surface area contributed by atoms with Crippen molar-refractivity contribution in [1.82, 2.24) is 3.97 Å². The lowest BCUT2D eigenvalue weighted by Crippen LogP contribution is -2.13. The highest BCUT2D eigenvalue weighted by Crippen LogP contribution is 2.42. The molecule has 0 aliphatic rings. The molecule has 1 aromatic heterocycles. The van der Waals surface area contributed by atoms with Gasteiger partial charge < -0.3 is 14.2 Å². The van der Waals surface area contributed by atoms with Gasteiger partial charge in [-0.25, -0.2) is 12.4 Å². The first-order chi connectivity index (χ1) is 13.3. The fourth-order valence-electron chi connectivity index (χ4n) is 2.88. The maximum absolute atomic E-state index is 13.3. The van der Waals surface area contributed by atoms with Gasteiger partial charge >= 0.3 is 0 Å². The number of aromatic nitrogens is 1. The molecule has 3 aromatic rings. The smallest absolute Gasteiger partial charge is 0.268 e. The Morgan fingerprint density at radius 1 is 0.893 bits per heavy atom. The van der Waals surface area contributed by atoms with Crippen molar-refractivity contribution in [2.45, 2.75) is 11.8 Å². The summed E-state index contributed by atoms with van der Waals surface area (Å²) in [4.78, 5) is 0.221. The minimum absolute atomic E-state index is 0.221. The zero-order valence-electron chi connectivity index (χ0n) is 15.9. The Balaban J connectivity index is 2.22. The van der Waals surface area contributed by atoms with E-state index in [2.05, 4.69) is 22.6 Å². The van der Waals surface area contributed by atoms with E-state index in [0.29, 0.717) is 28.5 Å².